The standard InChI is InChI=1S/C9H16N2O/c1-9(2,3)8-7(5-10-4)11-6-12-8/h6,10H,5H2,1-4H3. The molecule has 1 rings (SSSR count). The third-order valence-corrected chi connectivity index (χ3v) is 1.67. The molecule has 1 heterocycles. The van der Waals surface area contributed by atoms with Gasteiger partial charge in [0.05, 0.1) is 5.69 Å². The van der Waals surface area contributed by atoms with Crippen LogP contribution in [0.4, 0.5) is 0 Å². The van der Waals surface area contributed by atoms with Gasteiger partial charge in [0.1, 0.15) is 5.76 Å². The van der Waals surface area contributed by atoms with Crippen molar-refractivity contribution in [1.29, 1.82) is 0 Å². The van der Waals surface area contributed by atoms with E-state index >= 15 is 0 Å². The monoisotopic (exact) mass is 168 g/mol. The van der Waals surface area contributed by atoms with Crippen LogP contribution < -0.4 is 5.32 Å². The van der Waals surface area contributed by atoms with Crippen molar-refractivity contribution >= 4 is 0 Å². The Hall–Kier alpha value is -0.830. The van der Waals surface area contributed by atoms with E-state index in [0.29, 0.717) is 0 Å². The van der Waals surface area contributed by atoms with E-state index < -0.39 is 0 Å². The van der Waals surface area contributed by atoms with Gasteiger partial charge in [0.15, 0.2) is 6.39 Å². The van der Waals surface area contributed by atoms with E-state index in [9.17, 15) is 0 Å². The Morgan fingerprint density at radius 2 is 2.17 bits per heavy atom. The minimum absolute atomic E-state index is 0.0443. The maximum atomic E-state index is 5.33. The molecule has 0 aliphatic rings. The summed E-state index contributed by atoms with van der Waals surface area (Å²) in [6, 6.07) is 0. The first kappa shape index (κ1) is 9.26. The molecule has 68 valence electrons. The molecule has 3 nitrogen and oxygen atoms in total. The Morgan fingerprint density at radius 3 is 2.67 bits per heavy atom. The number of rotatable bonds is 2. The first-order valence-corrected chi connectivity index (χ1v) is 4.13. The number of aromatic nitrogens is 1. The molecule has 0 bridgehead atoms. The van der Waals surface area contributed by atoms with Crippen LogP contribution in [0.2, 0.25) is 0 Å². The van der Waals surface area contributed by atoms with Gasteiger partial charge in [-0.3, -0.25) is 0 Å². The summed E-state index contributed by atoms with van der Waals surface area (Å²) in [6.07, 6.45) is 1.51. The van der Waals surface area contributed by atoms with E-state index in [2.05, 4.69) is 31.1 Å². The van der Waals surface area contributed by atoms with Gasteiger partial charge in [0.25, 0.3) is 0 Å². The summed E-state index contributed by atoms with van der Waals surface area (Å²) in [5.74, 6) is 0.969. The molecule has 0 saturated heterocycles. The van der Waals surface area contributed by atoms with Crippen molar-refractivity contribution in [2.24, 2.45) is 0 Å². The van der Waals surface area contributed by atoms with Crippen molar-refractivity contribution in [1.82, 2.24) is 10.3 Å². The molecule has 0 aliphatic heterocycles. The van der Waals surface area contributed by atoms with Gasteiger partial charge in [0.2, 0.25) is 0 Å². The van der Waals surface area contributed by atoms with Crippen molar-refractivity contribution in [3.63, 3.8) is 0 Å². The predicted molar refractivity (Wildman–Crippen MR) is 48.0 cm³/mol. The van der Waals surface area contributed by atoms with Crippen LogP contribution in [0.1, 0.15) is 32.2 Å². The zero-order valence-electron chi connectivity index (χ0n) is 8.14. The Bertz CT molecular complexity index is 247. The molecule has 0 aromatic carbocycles. The lowest BCUT2D eigenvalue weighted by Gasteiger charge is -2.15. The summed E-state index contributed by atoms with van der Waals surface area (Å²) in [4.78, 5) is 4.14. The van der Waals surface area contributed by atoms with Crippen LogP contribution >= 0.6 is 0 Å². The highest BCUT2D eigenvalue weighted by molar-refractivity contribution is 5.15. The van der Waals surface area contributed by atoms with Gasteiger partial charge in [-0.1, -0.05) is 20.8 Å². The van der Waals surface area contributed by atoms with Crippen LogP contribution in [-0.2, 0) is 12.0 Å². The number of hydrogen-bond donors (Lipinski definition) is 1. The molecular weight excluding hydrogens is 152 g/mol. The van der Waals surface area contributed by atoms with Crippen LogP contribution in [0.25, 0.3) is 0 Å². The fourth-order valence-corrected chi connectivity index (χ4v) is 1.17. The molecule has 12 heavy (non-hydrogen) atoms. The number of hydrogen-bond acceptors (Lipinski definition) is 3. The van der Waals surface area contributed by atoms with Gasteiger partial charge < -0.3 is 9.73 Å². The molecule has 0 spiro atoms. The maximum absolute atomic E-state index is 5.33. The van der Waals surface area contributed by atoms with Crippen LogP contribution in [0.15, 0.2) is 10.8 Å². The average Bonchev–Trinajstić information content (AvgIpc) is 2.34. The van der Waals surface area contributed by atoms with Crippen molar-refractivity contribution in [3.05, 3.63) is 17.8 Å². The van der Waals surface area contributed by atoms with Gasteiger partial charge in [-0.2, -0.15) is 0 Å². The molecule has 0 aliphatic carbocycles. The van der Waals surface area contributed by atoms with E-state index in [1.165, 1.54) is 6.39 Å². The second-order valence-corrected chi connectivity index (χ2v) is 3.91. The number of nitrogens with zero attached hydrogens (tertiary/aromatic N) is 1. The molecule has 0 saturated carbocycles. The van der Waals surface area contributed by atoms with E-state index in [0.717, 1.165) is 18.0 Å². The molecule has 0 radical (unpaired) electrons. The van der Waals surface area contributed by atoms with E-state index in [1.807, 2.05) is 7.05 Å². The van der Waals surface area contributed by atoms with E-state index in [-0.39, 0.29) is 5.41 Å². The minimum atomic E-state index is 0.0443. The normalized spacial score (nSPS) is 12.0. The zero-order valence-corrected chi connectivity index (χ0v) is 8.14. The van der Waals surface area contributed by atoms with Crippen LogP contribution in [-0.4, -0.2) is 12.0 Å². The molecule has 0 atom stereocenters. The van der Waals surface area contributed by atoms with Crippen molar-refractivity contribution in [2.75, 3.05) is 7.05 Å². The van der Waals surface area contributed by atoms with Crippen LogP contribution in [0.5, 0.6) is 0 Å². The highest BCUT2D eigenvalue weighted by Crippen LogP contribution is 2.24. The highest BCUT2D eigenvalue weighted by Gasteiger charge is 2.22. The third kappa shape index (κ3) is 1.85. The molecule has 0 unspecified atom stereocenters. The first-order valence-electron chi connectivity index (χ1n) is 4.13. The van der Waals surface area contributed by atoms with Gasteiger partial charge >= 0.3 is 0 Å². The van der Waals surface area contributed by atoms with Crippen LogP contribution in [0, 0.1) is 0 Å². The Morgan fingerprint density at radius 1 is 1.50 bits per heavy atom. The summed E-state index contributed by atoms with van der Waals surface area (Å²) < 4.78 is 5.33. The summed E-state index contributed by atoms with van der Waals surface area (Å²) in [7, 11) is 1.90. The van der Waals surface area contributed by atoms with Crippen molar-refractivity contribution < 1.29 is 4.42 Å². The van der Waals surface area contributed by atoms with E-state index in [4.69, 9.17) is 4.42 Å². The topological polar surface area (TPSA) is 38.1 Å². The SMILES string of the molecule is CNCc1ncoc1C(C)(C)C. The summed E-state index contributed by atoms with van der Waals surface area (Å²) in [6.45, 7) is 7.12. The predicted octanol–water partition coefficient (Wildman–Crippen LogP) is 1.69. The highest BCUT2D eigenvalue weighted by atomic mass is 16.3. The summed E-state index contributed by atoms with van der Waals surface area (Å²) in [5.41, 5.74) is 1.05. The molecule has 1 aromatic heterocycles. The Balaban J connectivity index is 2.91. The average molecular weight is 168 g/mol. The Kier molecular flexibility index (Phi) is 2.52. The fourth-order valence-electron chi connectivity index (χ4n) is 1.17. The lowest BCUT2D eigenvalue weighted by molar-refractivity contribution is 0.402. The van der Waals surface area contributed by atoms with Gasteiger partial charge in [-0.05, 0) is 7.05 Å². The largest absolute Gasteiger partial charge is 0.448 e. The lowest BCUT2D eigenvalue weighted by atomic mass is 9.92. The van der Waals surface area contributed by atoms with Gasteiger partial charge in [-0.25, -0.2) is 4.98 Å². The quantitative estimate of drug-likeness (QED) is 0.730. The van der Waals surface area contributed by atoms with Gasteiger partial charge in [0, 0.05) is 12.0 Å². The fraction of sp³-hybridized carbons (Fsp3) is 0.667. The second-order valence-electron chi connectivity index (χ2n) is 3.91. The molecule has 1 N–H and O–H groups in total. The first-order chi connectivity index (χ1) is 5.55. The number of oxazole rings is 1. The van der Waals surface area contributed by atoms with E-state index in [1.54, 1.807) is 0 Å². The smallest absolute Gasteiger partial charge is 0.181 e. The minimum Gasteiger partial charge on any atom is -0.448 e. The molecule has 3 heteroatoms. The summed E-state index contributed by atoms with van der Waals surface area (Å²) in [5, 5.41) is 3.06. The molecule has 0 amide bonds. The maximum Gasteiger partial charge on any atom is 0.181 e. The van der Waals surface area contributed by atoms with Crippen LogP contribution in [0.3, 0.4) is 0 Å². The van der Waals surface area contributed by atoms with Crippen molar-refractivity contribution in [2.45, 2.75) is 32.7 Å². The second kappa shape index (κ2) is 3.27. The third-order valence-electron chi connectivity index (χ3n) is 1.67. The summed E-state index contributed by atoms with van der Waals surface area (Å²) >= 11 is 0. The number of nitrogens with one attached hydrogen (secondary N) is 1. The Labute approximate surface area is 73.2 Å². The van der Waals surface area contributed by atoms with Gasteiger partial charge in [-0.15, -0.1) is 0 Å². The van der Waals surface area contributed by atoms with Crippen molar-refractivity contribution in [3.8, 4) is 0 Å². The molecule has 0 fully saturated rings. The molecule has 1 aromatic rings. The molecular formula is C9H16N2O. The zero-order chi connectivity index (χ0) is 9.19. The lowest BCUT2D eigenvalue weighted by Crippen LogP contribution is -2.16.